The third-order valence-electron chi connectivity index (χ3n) is 3.89. The Balaban J connectivity index is 1.99. The Labute approximate surface area is 128 Å². The summed E-state index contributed by atoms with van der Waals surface area (Å²) in [6.07, 6.45) is 5.64. The van der Waals surface area contributed by atoms with Crippen molar-refractivity contribution in [1.29, 1.82) is 0 Å². The van der Waals surface area contributed by atoms with E-state index in [1.165, 1.54) is 19.3 Å². The molecule has 1 fully saturated rings. The molecule has 1 aromatic rings. The number of aryl methyl sites for hydroxylation is 1. The lowest BCUT2D eigenvalue weighted by atomic mass is 9.82. The highest BCUT2D eigenvalue weighted by Gasteiger charge is 2.28. The summed E-state index contributed by atoms with van der Waals surface area (Å²) < 4.78 is 1.02. The Hall–Kier alpha value is -0.620. The van der Waals surface area contributed by atoms with Crippen LogP contribution in [-0.4, -0.2) is 18.0 Å². The molecule has 0 heterocycles. The van der Waals surface area contributed by atoms with Gasteiger partial charge < -0.3 is 11.1 Å². The maximum absolute atomic E-state index is 12.2. The number of amides is 1. The summed E-state index contributed by atoms with van der Waals surface area (Å²) in [6.45, 7) is 2.60. The van der Waals surface area contributed by atoms with Crippen LogP contribution in [0.5, 0.6) is 0 Å². The number of hydrogen-bond donors (Lipinski definition) is 2. The van der Waals surface area contributed by atoms with Gasteiger partial charge in [-0.25, -0.2) is 0 Å². The Bertz CT molecular complexity index is 467. The highest BCUT2D eigenvalue weighted by Crippen LogP contribution is 2.25. The number of carbonyl (C=O) groups is 1. The van der Waals surface area contributed by atoms with Crippen LogP contribution in [0.2, 0.25) is 0 Å². The van der Waals surface area contributed by atoms with Crippen LogP contribution in [0, 0.1) is 10.5 Å². The van der Waals surface area contributed by atoms with E-state index in [-0.39, 0.29) is 11.4 Å². The molecule has 3 nitrogen and oxygen atoms in total. The quantitative estimate of drug-likeness (QED) is 0.802. The molecule has 0 aromatic heterocycles. The third kappa shape index (κ3) is 3.69. The zero-order chi connectivity index (χ0) is 13.9. The first-order valence-electron chi connectivity index (χ1n) is 6.84. The first-order chi connectivity index (χ1) is 9.02. The molecule has 2 rings (SSSR count). The predicted octanol–water partition coefficient (Wildman–Crippen LogP) is 2.99. The number of nitrogens with two attached hydrogens (primary N) is 1. The van der Waals surface area contributed by atoms with Crippen LogP contribution in [0.3, 0.4) is 0 Å². The van der Waals surface area contributed by atoms with Gasteiger partial charge in [-0.3, -0.25) is 4.79 Å². The number of halogens is 1. The minimum atomic E-state index is -0.205. The summed E-state index contributed by atoms with van der Waals surface area (Å²) in [5.41, 5.74) is 8.01. The maximum Gasteiger partial charge on any atom is 0.252 e. The summed E-state index contributed by atoms with van der Waals surface area (Å²) in [4.78, 5) is 12.2. The van der Waals surface area contributed by atoms with Crippen molar-refractivity contribution >= 4 is 28.5 Å². The zero-order valence-corrected chi connectivity index (χ0v) is 13.5. The van der Waals surface area contributed by atoms with Gasteiger partial charge in [0.2, 0.25) is 0 Å². The predicted molar refractivity (Wildman–Crippen MR) is 86.2 cm³/mol. The van der Waals surface area contributed by atoms with E-state index in [4.69, 9.17) is 5.73 Å². The summed E-state index contributed by atoms with van der Waals surface area (Å²) in [5.74, 6) is -0.0106. The summed E-state index contributed by atoms with van der Waals surface area (Å²) in [5, 5.41) is 3.01. The fourth-order valence-electron chi connectivity index (χ4n) is 2.61. The lowest BCUT2D eigenvalue weighted by Gasteiger charge is -2.33. The normalized spacial score (nSPS) is 18.1. The Morgan fingerprint density at radius 3 is 2.74 bits per heavy atom. The van der Waals surface area contributed by atoms with E-state index in [0.717, 1.165) is 27.5 Å². The highest BCUT2D eigenvalue weighted by molar-refractivity contribution is 14.1. The monoisotopic (exact) mass is 372 g/mol. The molecule has 104 valence electrons. The molecule has 4 heteroatoms. The van der Waals surface area contributed by atoms with Crippen LogP contribution < -0.4 is 11.1 Å². The largest absolute Gasteiger partial charge is 0.350 e. The topological polar surface area (TPSA) is 55.1 Å². The van der Waals surface area contributed by atoms with Gasteiger partial charge in [-0.1, -0.05) is 31.4 Å². The molecular formula is C15H21IN2O. The number of hydrogen-bond acceptors (Lipinski definition) is 2. The van der Waals surface area contributed by atoms with Crippen LogP contribution >= 0.6 is 22.6 Å². The van der Waals surface area contributed by atoms with Crippen molar-refractivity contribution in [2.24, 2.45) is 5.73 Å². The van der Waals surface area contributed by atoms with E-state index in [0.29, 0.717) is 6.54 Å². The van der Waals surface area contributed by atoms with Gasteiger partial charge in [-0.2, -0.15) is 0 Å². The first-order valence-corrected chi connectivity index (χ1v) is 7.92. The van der Waals surface area contributed by atoms with Gasteiger partial charge in [-0.15, -0.1) is 0 Å². The van der Waals surface area contributed by atoms with Crippen LogP contribution in [0.25, 0.3) is 0 Å². The van der Waals surface area contributed by atoms with Gasteiger partial charge in [0.15, 0.2) is 0 Å². The van der Waals surface area contributed by atoms with Gasteiger partial charge in [0.1, 0.15) is 0 Å². The van der Waals surface area contributed by atoms with Crippen molar-refractivity contribution < 1.29 is 4.79 Å². The maximum atomic E-state index is 12.2. The molecule has 3 N–H and O–H groups in total. The number of nitrogens with one attached hydrogen (secondary N) is 1. The number of carbonyl (C=O) groups excluding carboxylic acids is 1. The average molecular weight is 372 g/mol. The minimum absolute atomic E-state index is 0.0106. The second-order valence-corrected chi connectivity index (χ2v) is 6.62. The summed E-state index contributed by atoms with van der Waals surface area (Å²) in [7, 11) is 0. The van der Waals surface area contributed by atoms with Gasteiger partial charge in [0.25, 0.3) is 5.91 Å². The van der Waals surface area contributed by atoms with Crippen LogP contribution in [0.15, 0.2) is 18.2 Å². The van der Waals surface area contributed by atoms with Gasteiger partial charge in [0, 0.05) is 15.7 Å². The van der Waals surface area contributed by atoms with E-state index >= 15 is 0 Å². The first kappa shape index (κ1) is 14.8. The van der Waals surface area contributed by atoms with Crippen molar-refractivity contribution in [3.05, 3.63) is 32.9 Å². The van der Waals surface area contributed by atoms with Crippen molar-refractivity contribution in [2.45, 2.75) is 44.6 Å². The van der Waals surface area contributed by atoms with Crippen LogP contribution in [0.4, 0.5) is 0 Å². The van der Waals surface area contributed by atoms with Crippen molar-refractivity contribution in [2.75, 3.05) is 6.54 Å². The molecule has 0 aliphatic heterocycles. The van der Waals surface area contributed by atoms with Gasteiger partial charge in [0.05, 0.1) is 5.56 Å². The number of rotatable bonds is 3. The standard InChI is InChI=1S/C15H21IN2O/c1-11-6-5-7-12(13(11)16)14(19)18-10-15(17)8-3-2-4-9-15/h5-7H,2-4,8-10,17H2,1H3,(H,18,19). The molecule has 1 amide bonds. The Morgan fingerprint density at radius 1 is 1.37 bits per heavy atom. The second kappa shape index (κ2) is 6.22. The minimum Gasteiger partial charge on any atom is -0.350 e. The van der Waals surface area contributed by atoms with E-state index in [2.05, 4.69) is 27.9 Å². The fourth-order valence-corrected chi connectivity index (χ4v) is 3.21. The molecular weight excluding hydrogens is 351 g/mol. The van der Waals surface area contributed by atoms with E-state index in [9.17, 15) is 4.79 Å². The van der Waals surface area contributed by atoms with Crippen LogP contribution in [-0.2, 0) is 0 Å². The molecule has 0 spiro atoms. The molecule has 0 atom stereocenters. The molecule has 1 saturated carbocycles. The zero-order valence-electron chi connectivity index (χ0n) is 11.3. The average Bonchev–Trinajstić information content (AvgIpc) is 2.40. The second-order valence-electron chi connectivity index (χ2n) is 5.54. The molecule has 19 heavy (non-hydrogen) atoms. The fraction of sp³-hybridized carbons (Fsp3) is 0.533. The summed E-state index contributed by atoms with van der Waals surface area (Å²) in [6, 6.07) is 5.81. The molecule has 0 radical (unpaired) electrons. The smallest absolute Gasteiger partial charge is 0.252 e. The van der Waals surface area contributed by atoms with E-state index < -0.39 is 0 Å². The van der Waals surface area contributed by atoms with E-state index in [1.54, 1.807) is 0 Å². The SMILES string of the molecule is Cc1cccc(C(=O)NCC2(N)CCCCC2)c1I. The Morgan fingerprint density at radius 2 is 2.05 bits per heavy atom. The molecule has 0 saturated heterocycles. The lowest BCUT2D eigenvalue weighted by Crippen LogP contribution is -2.51. The number of benzene rings is 1. The third-order valence-corrected chi connectivity index (χ3v) is 5.32. The Kier molecular flexibility index (Phi) is 4.84. The van der Waals surface area contributed by atoms with Gasteiger partial charge >= 0.3 is 0 Å². The molecule has 0 bridgehead atoms. The van der Waals surface area contributed by atoms with Crippen LogP contribution in [0.1, 0.15) is 48.0 Å². The molecule has 1 aliphatic carbocycles. The van der Waals surface area contributed by atoms with Crippen molar-refractivity contribution in [3.8, 4) is 0 Å². The van der Waals surface area contributed by atoms with Crippen molar-refractivity contribution in [3.63, 3.8) is 0 Å². The molecule has 1 aromatic carbocycles. The lowest BCUT2D eigenvalue weighted by molar-refractivity contribution is 0.0936. The molecule has 1 aliphatic rings. The van der Waals surface area contributed by atoms with Gasteiger partial charge in [-0.05, 0) is 54.0 Å². The highest BCUT2D eigenvalue weighted by atomic mass is 127. The summed E-state index contributed by atoms with van der Waals surface area (Å²) >= 11 is 2.23. The molecule has 0 unspecified atom stereocenters. The van der Waals surface area contributed by atoms with Crippen molar-refractivity contribution in [1.82, 2.24) is 5.32 Å². The van der Waals surface area contributed by atoms with E-state index in [1.807, 2.05) is 25.1 Å².